The molecule has 4 nitrogen and oxygen atoms in total. The highest BCUT2D eigenvalue weighted by Gasteiger charge is 2.31. The number of hydrogen-bond donors (Lipinski definition) is 0. The fraction of sp³-hybridized carbons (Fsp3) is 0.929. The molecule has 0 aromatic rings. The van der Waals surface area contributed by atoms with Crippen LogP contribution >= 0.6 is 0 Å². The lowest BCUT2D eigenvalue weighted by molar-refractivity contribution is -0.155. The van der Waals surface area contributed by atoms with Crippen molar-refractivity contribution in [2.45, 2.75) is 119 Å². The topological polar surface area (TPSA) is 52.6 Å². The first-order chi connectivity index (χ1) is 15.2. The van der Waals surface area contributed by atoms with Gasteiger partial charge in [0.15, 0.2) is 0 Å². The van der Waals surface area contributed by atoms with Gasteiger partial charge >= 0.3 is 11.9 Å². The van der Waals surface area contributed by atoms with Crippen molar-refractivity contribution in [3.63, 3.8) is 0 Å². The van der Waals surface area contributed by atoms with Crippen LogP contribution in [-0.2, 0) is 19.1 Å². The monoisotopic (exact) mass is 452 g/mol. The fourth-order valence-electron chi connectivity index (χ4n) is 5.18. The van der Waals surface area contributed by atoms with Crippen molar-refractivity contribution in [3.8, 4) is 0 Å². The van der Waals surface area contributed by atoms with Crippen LogP contribution in [0.3, 0.4) is 0 Å². The molecule has 2 atom stereocenters. The minimum Gasteiger partial charge on any atom is -0.465 e. The van der Waals surface area contributed by atoms with Crippen molar-refractivity contribution >= 4 is 11.9 Å². The number of carbonyl (C=O) groups excluding carboxylic acids is 2. The average Bonchev–Trinajstić information content (AvgIpc) is 2.72. The van der Waals surface area contributed by atoms with Crippen LogP contribution in [0.5, 0.6) is 0 Å². The van der Waals surface area contributed by atoms with Crippen molar-refractivity contribution in [2.75, 3.05) is 13.2 Å². The van der Waals surface area contributed by atoms with Crippen LogP contribution in [0.4, 0.5) is 0 Å². The second-order valence-electron chi connectivity index (χ2n) is 11.3. The third-order valence-electron chi connectivity index (χ3n) is 6.81. The van der Waals surface area contributed by atoms with E-state index < -0.39 is 0 Å². The molecular formula is C28H52O4. The average molecular weight is 453 g/mol. The van der Waals surface area contributed by atoms with Crippen LogP contribution in [0.2, 0.25) is 0 Å². The molecule has 32 heavy (non-hydrogen) atoms. The second kappa shape index (κ2) is 16.5. The SMILES string of the molecule is CC(C)CC(C)CCCCOC(=O)C1CCC(C(=O)OCCCCC(C)CC(C)C)CC1. The minimum absolute atomic E-state index is 0.0404. The number of ether oxygens (including phenoxy) is 2. The van der Waals surface area contributed by atoms with E-state index in [1.54, 1.807) is 0 Å². The standard InChI is InChI=1S/C28H52O4/c1-21(2)19-23(5)11-7-9-17-31-27(29)25-13-15-26(16-14-25)28(30)32-18-10-8-12-24(6)20-22(3)4/h21-26H,7-20H2,1-6H3. The summed E-state index contributed by atoms with van der Waals surface area (Å²) >= 11 is 0. The number of esters is 2. The predicted octanol–water partition coefficient (Wildman–Crippen LogP) is 7.58. The summed E-state index contributed by atoms with van der Waals surface area (Å²) in [4.78, 5) is 24.7. The zero-order valence-corrected chi connectivity index (χ0v) is 22.0. The Morgan fingerprint density at radius 1 is 0.625 bits per heavy atom. The summed E-state index contributed by atoms with van der Waals surface area (Å²) in [6, 6.07) is 0. The molecule has 188 valence electrons. The predicted molar refractivity (Wildman–Crippen MR) is 132 cm³/mol. The third kappa shape index (κ3) is 13.5. The van der Waals surface area contributed by atoms with E-state index in [4.69, 9.17) is 9.47 Å². The van der Waals surface area contributed by atoms with Crippen LogP contribution in [-0.4, -0.2) is 25.2 Å². The Morgan fingerprint density at radius 3 is 1.28 bits per heavy atom. The van der Waals surface area contributed by atoms with Crippen molar-refractivity contribution in [1.82, 2.24) is 0 Å². The zero-order valence-electron chi connectivity index (χ0n) is 22.0. The highest BCUT2D eigenvalue weighted by Crippen LogP contribution is 2.30. The summed E-state index contributed by atoms with van der Waals surface area (Å²) < 4.78 is 11.0. The molecule has 0 N–H and O–H groups in total. The molecule has 1 aliphatic carbocycles. The molecule has 0 aromatic heterocycles. The molecule has 0 amide bonds. The summed E-state index contributed by atoms with van der Waals surface area (Å²) in [5, 5.41) is 0. The lowest BCUT2D eigenvalue weighted by Crippen LogP contribution is -2.28. The maximum absolute atomic E-state index is 12.3. The van der Waals surface area contributed by atoms with Crippen molar-refractivity contribution < 1.29 is 19.1 Å². The highest BCUT2D eigenvalue weighted by molar-refractivity contribution is 5.75. The van der Waals surface area contributed by atoms with Crippen LogP contribution in [0.25, 0.3) is 0 Å². The molecule has 0 aromatic carbocycles. The van der Waals surface area contributed by atoms with Gasteiger partial charge < -0.3 is 9.47 Å². The Hall–Kier alpha value is -1.06. The Balaban J connectivity index is 2.09. The molecule has 1 aliphatic rings. The normalized spacial score (nSPS) is 20.9. The Labute approximate surface area is 198 Å². The highest BCUT2D eigenvalue weighted by atomic mass is 16.5. The summed E-state index contributed by atoms with van der Waals surface area (Å²) in [6.07, 6.45) is 12.1. The largest absolute Gasteiger partial charge is 0.465 e. The molecule has 1 saturated carbocycles. The number of hydrogen-bond acceptors (Lipinski definition) is 4. The molecule has 1 rings (SSSR count). The number of rotatable bonds is 16. The second-order valence-corrected chi connectivity index (χ2v) is 11.3. The van der Waals surface area contributed by atoms with Gasteiger partial charge in [-0.3, -0.25) is 9.59 Å². The third-order valence-corrected chi connectivity index (χ3v) is 6.81. The molecular weight excluding hydrogens is 400 g/mol. The van der Waals surface area contributed by atoms with Crippen molar-refractivity contribution in [2.24, 2.45) is 35.5 Å². The van der Waals surface area contributed by atoms with Gasteiger partial charge in [0.25, 0.3) is 0 Å². The van der Waals surface area contributed by atoms with E-state index in [-0.39, 0.29) is 23.8 Å². The van der Waals surface area contributed by atoms with Gasteiger partial charge in [0.1, 0.15) is 0 Å². The van der Waals surface area contributed by atoms with E-state index in [9.17, 15) is 9.59 Å². The van der Waals surface area contributed by atoms with E-state index in [0.29, 0.717) is 13.2 Å². The molecule has 0 bridgehead atoms. The molecule has 0 spiro atoms. The van der Waals surface area contributed by atoms with Crippen LogP contribution in [0.15, 0.2) is 0 Å². The molecule has 0 aliphatic heterocycles. The van der Waals surface area contributed by atoms with Crippen LogP contribution < -0.4 is 0 Å². The van der Waals surface area contributed by atoms with E-state index in [0.717, 1.165) is 75.0 Å². The van der Waals surface area contributed by atoms with E-state index >= 15 is 0 Å². The smallest absolute Gasteiger partial charge is 0.308 e. The lowest BCUT2D eigenvalue weighted by Gasteiger charge is -2.26. The number of unbranched alkanes of at least 4 members (excludes halogenated alkanes) is 2. The lowest BCUT2D eigenvalue weighted by atomic mass is 9.82. The van der Waals surface area contributed by atoms with Gasteiger partial charge in [-0.2, -0.15) is 0 Å². The van der Waals surface area contributed by atoms with Gasteiger partial charge in [-0.15, -0.1) is 0 Å². The molecule has 4 heteroatoms. The summed E-state index contributed by atoms with van der Waals surface area (Å²) in [6.45, 7) is 14.8. The van der Waals surface area contributed by atoms with Gasteiger partial charge in [0, 0.05) is 0 Å². The summed E-state index contributed by atoms with van der Waals surface area (Å²) in [5.41, 5.74) is 0. The number of carbonyl (C=O) groups is 2. The quantitative estimate of drug-likeness (QED) is 0.179. The fourth-order valence-corrected chi connectivity index (χ4v) is 5.18. The van der Waals surface area contributed by atoms with E-state index in [2.05, 4.69) is 41.5 Å². The van der Waals surface area contributed by atoms with E-state index in [1.165, 1.54) is 25.7 Å². The van der Waals surface area contributed by atoms with Crippen LogP contribution in [0, 0.1) is 35.5 Å². The van der Waals surface area contributed by atoms with Gasteiger partial charge in [0.05, 0.1) is 25.0 Å². The van der Waals surface area contributed by atoms with Gasteiger partial charge in [-0.25, -0.2) is 0 Å². The Kier molecular flexibility index (Phi) is 15.0. The zero-order chi connectivity index (χ0) is 23.9. The molecule has 0 radical (unpaired) electrons. The summed E-state index contributed by atoms with van der Waals surface area (Å²) in [7, 11) is 0. The van der Waals surface area contributed by atoms with Crippen molar-refractivity contribution in [3.05, 3.63) is 0 Å². The minimum atomic E-state index is -0.0671. The van der Waals surface area contributed by atoms with Crippen molar-refractivity contribution in [1.29, 1.82) is 0 Å². The van der Waals surface area contributed by atoms with Gasteiger partial charge in [0.2, 0.25) is 0 Å². The Morgan fingerprint density at radius 2 is 0.969 bits per heavy atom. The first kappa shape index (κ1) is 29.0. The summed E-state index contributed by atoms with van der Waals surface area (Å²) in [5.74, 6) is 2.77. The first-order valence-electron chi connectivity index (χ1n) is 13.5. The van der Waals surface area contributed by atoms with E-state index in [1.807, 2.05) is 0 Å². The molecule has 1 fully saturated rings. The van der Waals surface area contributed by atoms with Gasteiger partial charge in [-0.1, -0.05) is 54.4 Å². The van der Waals surface area contributed by atoms with Gasteiger partial charge in [-0.05, 0) is 87.9 Å². The first-order valence-corrected chi connectivity index (χ1v) is 13.5. The molecule has 2 unspecified atom stereocenters. The maximum Gasteiger partial charge on any atom is 0.308 e. The maximum atomic E-state index is 12.3. The Bertz CT molecular complexity index is 460. The molecule has 0 saturated heterocycles. The molecule has 0 heterocycles. The van der Waals surface area contributed by atoms with Crippen LogP contribution in [0.1, 0.15) is 119 Å².